The van der Waals surface area contributed by atoms with E-state index in [0.717, 1.165) is 0 Å². The van der Waals surface area contributed by atoms with E-state index in [4.69, 9.17) is 0 Å². The molecular weight excluding hydrogens is 406 g/mol. The topological polar surface area (TPSA) is 86.3 Å². The van der Waals surface area contributed by atoms with Gasteiger partial charge in [0, 0.05) is 17.9 Å². The van der Waals surface area contributed by atoms with Gasteiger partial charge < -0.3 is 9.42 Å². The fourth-order valence-corrected chi connectivity index (χ4v) is 4.76. The lowest BCUT2D eigenvalue weighted by atomic mass is 9.70. The molecule has 0 radical (unpaired) electrons. The Morgan fingerprint density at radius 1 is 1.40 bits per heavy atom. The Morgan fingerprint density at radius 2 is 2.07 bits per heavy atom. The van der Waals surface area contributed by atoms with Crippen LogP contribution in [0.25, 0.3) is 0 Å². The standard InChI is InChI=1S/C19H25F4N5O2/c1-17(2)13(15-25-16(30-26-15)19(21,22)23)5-6-18(17,3)27(4)10-14(29)28-9-11(20)7-12(28)8-24/h11-13H,5-7,9-10H2,1-4H3/t11-,12-,13+,18-/m0/s1. The zero-order valence-electron chi connectivity index (χ0n) is 17.3. The van der Waals surface area contributed by atoms with Crippen LogP contribution in [0.2, 0.25) is 0 Å². The van der Waals surface area contributed by atoms with Gasteiger partial charge in [-0.2, -0.15) is 23.4 Å². The maximum Gasteiger partial charge on any atom is 0.471 e. The predicted molar refractivity (Wildman–Crippen MR) is 96.7 cm³/mol. The Hall–Kier alpha value is -2.22. The van der Waals surface area contributed by atoms with E-state index in [2.05, 4.69) is 14.7 Å². The van der Waals surface area contributed by atoms with E-state index >= 15 is 0 Å². The Balaban J connectivity index is 1.76. The zero-order chi connectivity index (χ0) is 22.5. The van der Waals surface area contributed by atoms with Gasteiger partial charge in [0.15, 0.2) is 5.82 Å². The van der Waals surface area contributed by atoms with Gasteiger partial charge in [-0.1, -0.05) is 19.0 Å². The molecule has 0 aromatic carbocycles. The van der Waals surface area contributed by atoms with E-state index in [0.29, 0.717) is 12.8 Å². The summed E-state index contributed by atoms with van der Waals surface area (Å²) < 4.78 is 56.6. The molecule has 0 unspecified atom stereocenters. The molecule has 7 nitrogen and oxygen atoms in total. The van der Waals surface area contributed by atoms with Gasteiger partial charge in [0.05, 0.1) is 19.2 Å². The molecule has 1 amide bonds. The predicted octanol–water partition coefficient (Wildman–Crippen LogP) is 3.15. The monoisotopic (exact) mass is 431 g/mol. The summed E-state index contributed by atoms with van der Waals surface area (Å²) in [6.07, 6.45) is -4.79. The second-order valence-corrected chi connectivity index (χ2v) is 8.92. The molecule has 1 saturated carbocycles. The van der Waals surface area contributed by atoms with Gasteiger partial charge in [-0.25, -0.2) is 4.39 Å². The van der Waals surface area contributed by atoms with Crippen molar-refractivity contribution in [1.82, 2.24) is 19.9 Å². The average molecular weight is 431 g/mol. The largest absolute Gasteiger partial charge is 0.471 e. The number of halogens is 4. The summed E-state index contributed by atoms with van der Waals surface area (Å²) in [6, 6.07) is 1.19. The van der Waals surface area contributed by atoms with Crippen LogP contribution >= 0.6 is 0 Å². The highest BCUT2D eigenvalue weighted by Crippen LogP contribution is 2.56. The van der Waals surface area contributed by atoms with Crippen molar-refractivity contribution in [2.45, 2.75) is 69.9 Å². The first-order valence-corrected chi connectivity index (χ1v) is 9.76. The molecule has 0 N–H and O–H groups in total. The van der Waals surface area contributed by atoms with Crippen LogP contribution < -0.4 is 0 Å². The number of carbonyl (C=O) groups is 1. The number of alkyl halides is 4. The molecule has 2 heterocycles. The van der Waals surface area contributed by atoms with Gasteiger partial charge in [0.1, 0.15) is 12.2 Å². The first kappa shape index (κ1) is 22.5. The van der Waals surface area contributed by atoms with Crippen LogP contribution in [-0.4, -0.2) is 63.7 Å². The number of likely N-dealkylation sites (N-methyl/N-ethyl adjacent to an activating group) is 1. The molecule has 4 atom stereocenters. The minimum Gasteiger partial charge on any atom is -0.329 e. The summed E-state index contributed by atoms with van der Waals surface area (Å²) in [4.78, 5) is 19.4. The molecule has 1 aliphatic heterocycles. The minimum atomic E-state index is -4.71. The molecular formula is C19H25F4N5O2. The van der Waals surface area contributed by atoms with Gasteiger partial charge in [0.25, 0.3) is 0 Å². The van der Waals surface area contributed by atoms with Crippen LogP contribution in [0.15, 0.2) is 4.52 Å². The molecule has 30 heavy (non-hydrogen) atoms. The average Bonchev–Trinajstić information content (AvgIpc) is 3.32. The number of carbonyl (C=O) groups excluding carboxylic acids is 1. The molecule has 1 saturated heterocycles. The molecule has 1 aromatic rings. The third kappa shape index (κ3) is 3.66. The third-order valence-electron chi connectivity index (χ3n) is 7.11. The lowest BCUT2D eigenvalue weighted by molar-refractivity contribution is -0.159. The summed E-state index contributed by atoms with van der Waals surface area (Å²) in [5.74, 6) is -2.11. The fourth-order valence-electron chi connectivity index (χ4n) is 4.76. The molecule has 2 aliphatic rings. The number of nitrogens with zero attached hydrogens (tertiary/aromatic N) is 5. The number of likely N-dealkylation sites (tertiary alicyclic amines) is 1. The van der Waals surface area contributed by atoms with Crippen LogP contribution in [0, 0.1) is 16.7 Å². The highest BCUT2D eigenvalue weighted by Gasteiger charge is 2.56. The minimum absolute atomic E-state index is 0.000125. The molecule has 0 spiro atoms. The van der Waals surface area contributed by atoms with Crippen LogP contribution in [0.4, 0.5) is 17.6 Å². The highest BCUT2D eigenvalue weighted by atomic mass is 19.4. The summed E-state index contributed by atoms with van der Waals surface area (Å²) in [7, 11) is 1.75. The van der Waals surface area contributed by atoms with Crippen molar-refractivity contribution in [1.29, 1.82) is 5.26 Å². The van der Waals surface area contributed by atoms with Crippen molar-refractivity contribution in [3.8, 4) is 6.07 Å². The van der Waals surface area contributed by atoms with E-state index < -0.39 is 41.2 Å². The molecule has 11 heteroatoms. The number of rotatable bonds is 4. The Bertz CT molecular complexity index is 849. The van der Waals surface area contributed by atoms with Gasteiger partial charge in [-0.05, 0) is 32.2 Å². The summed E-state index contributed by atoms with van der Waals surface area (Å²) in [6.45, 7) is 5.62. The first-order chi connectivity index (χ1) is 13.8. The fraction of sp³-hybridized carbons (Fsp3) is 0.789. The van der Waals surface area contributed by atoms with E-state index in [1.807, 2.05) is 31.7 Å². The van der Waals surface area contributed by atoms with E-state index in [-0.39, 0.29) is 31.2 Å². The van der Waals surface area contributed by atoms with E-state index in [1.54, 1.807) is 7.05 Å². The molecule has 0 bridgehead atoms. The lowest BCUT2D eigenvalue weighted by Gasteiger charge is -2.47. The van der Waals surface area contributed by atoms with Gasteiger partial charge in [-0.15, -0.1) is 0 Å². The lowest BCUT2D eigenvalue weighted by Crippen LogP contribution is -2.55. The number of amides is 1. The van der Waals surface area contributed by atoms with Crippen LogP contribution in [-0.2, 0) is 11.0 Å². The molecule has 1 aromatic heterocycles. The maximum absolute atomic E-state index is 13.7. The molecule has 166 valence electrons. The van der Waals surface area contributed by atoms with Crippen molar-refractivity contribution in [2.75, 3.05) is 20.1 Å². The van der Waals surface area contributed by atoms with E-state index in [9.17, 15) is 27.6 Å². The van der Waals surface area contributed by atoms with Crippen molar-refractivity contribution in [3.05, 3.63) is 11.7 Å². The maximum atomic E-state index is 13.7. The Morgan fingerprint density at radius 3 is 2.63 bits per heavy atom. The quantitative estimate of drug-likeness (QED) is 0.681. The Kier molecular flexibility index (Phi) is 5.60. The van der Waals surface area contributed by atoms with Gasteiger partial charge >= 0.3 is 12.1 Å². The zero-order valence-corrected chi connectivity index (χ0v) is 17.3. The van der Waals surface area contributed by atoms with E-state index in [1.165, 1.54) is 4.90 Å². The Labute approximate surface area is 172 Å². The summed E-state index contributed by atoms with van der Waals surface area (Å²) in [5, 5.41) is 12.7. The summed E-state index contributed by atoms with van der Waals surface area (Å²) >= 11 is 0. The number of aromatic nitrogens is 2. The third-order valence-corrected chi connectivity index (χ3v) is 7.11. The van der Waals surface area contributed by atoms with Crippen molar-refractivity contribution in [2.24, 2.45) is 5.41 Å². The summed E-state index contributed by atoms with van der Waals surface area (Å²) in [5.41, 5.74) is -1.15. The molecule has 2 fully saturated rings. The normalized spacial score (nSPS) is 31.3. The van der Waals surface area contributed by atoms with Crippen LogP contribution in [0.5, 0.6) is 0 Å². The van der Waals surface area contributed by atoms with Crippen LogP contribution in [0.3, 0.4) is 0 Å². The smallest absolute Gasteiger partial charge is 0.329 e. The number of nitriles is 1. The second-order valence-electron chi connectivity index (χ2n) is 8.92. The van der Waals surface area contributed by atoms with Crippen molar-refractivity contribution >= 4 is 5.91 Å². The van der Waals surface area contributed by atoms with Gasteiger partial charge in [-0.3, -0.25) is 9.69 Å². The number of hydrogen-bond acceptors (Lipinski definition) is 6. The molecule has 1 aliphatic carbocycles. The van der Waals surface area contributed by atoms with Crippen molar-refractivity contribution in [3.63, 3.8) is 0 Å². The van der Waals surface area contributed by atoms with Crippen LogP contribution in [0.1, 0.15) is 57.7 Å². The molecule has 3 rings (SSSR count). The SMILES string of the molecule is CN(CC(=O)N1C[C@@H](F)C[C@H]1C#N)[C@@]1(C)CC[C@H](c2noc(C(F)(F)F)n2)C1(C)C. The van der Waals surface area contributed by atoms with Gasteiger partial charge in [0.2, 0.25) is 5.91 Å². The number of hydrogen-bond donors (Lipinski definition) is 0. The van der Waals surface area contributed by atoms with Crippen molar-refractivity contribution < 1.29 is 26.9 Å². The second kappa shape index (κ2) is 7.48. The highest BCUT2D eigenvalue weighted by molar-refractivity contribution is 5.79. The first-order valence-electron chi connectivity index (χ1n) is 9.76.